The summed E-state index contributed by atoms with van der Waals surface area (Å²) < 4.78 is 15.5. The lowest BCUT2D eigenvalue weighted by Crippen LogP contribution is -2.09. The van der Waals surface area contributed by atoms with Crippen LogP contribution < -0.4 is 15.0 Å². The Kier molecular flexibility index (Phi) is 5.04. The molecule has 1 aromatic carbocycles. The maximum atomic E-state index is 8.75. The van der Waals surface area contributed by atoms with Crippen molar-refractivity contribution in [2.45, 2.75) is 13.2 Å². The lowest BCUT2D eigenvalue weighted by molar-refractivity contribution is 0.159. The average molecular weight is 227 g/mol. The highest BCUT2D eigenvalue weighted by atomic mass is 16.5. The van der Waals surface area contributed by atoms with Gasteiger partial charge in [0, 0.05) is 19.2 Å². The molecule has 0 radical (unpaired) electrons. The van der Waals surface area contributed by atoms with Crippen LogP contribution in [-0.2, 0) is 17.9 Å². The lowest BCUT2D eigenvalue weighted by atomic mass is 10.1. The summed E-state index contributed by atoms with van der Waals surface area (Å²) in [6.07, 6.45) is 0. The van der Waals surface area contributed by atoms with Gasteiger partial charge in [-0.15, -0.1) is 0 Å². The largest absolute Gasteiger partial charge is 0.493 e. The first kappa shape index (κ1) is 12.8. The molecule has 90 valence electrons. The van der Waals surface area contributed by atoms with Gasteiger partial charge in [0.25, 0.3) is 0 Å². The summed E-state index contributed by atoms with van der Waals surface area (Å²) in [6, 6.07) is 3.75. The van der Waals surface area contributed by atoms with E-state index < -0.39 is 0 Å². The van der Waals surface area contributed by atoms with Gasteiger partial charge < -0.3 is 19.4 Å². The molecule has 0 saturated carbocycles. The van der Waals surface area contributed by atoms with Crippen molar-refractivity contribution in [2.24, 2.45) is 0 Å². The van der Waals surface area contributed by atoms with E-state index in [-0.39, 0.29) is 6.54 Å². The summed E-state index contributed by atoms with van der Waals surface area (Å²) in [5.74, 6) is 1.24. The number of hydroxylamine groups is 1. The Morgan fingerprint density at radius 1 is 1.19 bits per heavy atom. The molecule has 0 aliphatic carbocycles. The predicted molar refractivity (Wildman–Crippen MR) is 58.9 cm³/mol. The molecule has 5 heteroatoms. The van der Waals surface area contributed by atoms with Crippen molar-refractivity contribution in [1.82, 2.24) is 5.48 Å². The topological polar surface area (TPSA) is 60.0 Å². The van der Waals surface area contributed by atoms with E-state index in [1.54, 1.807) is 21.3 Å². The third-order valence-corrected chi connectivity index (χ3v) is 2.20. The number of hydrogen-bond acceptors (Lipinski definition) is 5. The second kappa shape index (κ2) is 6.32. The second-order valence-electron chi connectivity index (χ2n) is 3.26. The Morgan fingerprint density at radius 2 is 1.94 bits per heavy atom. The smallest absolute Gasteiger partial charge is 0.165 e. The molecular formula is C11H17NO4. The molecule has 16 heavy (non-hydrogen) atoms. The van der Waals surface area contributed by atoms with E-state index >= 15 is 0 Å². The minimum absolute atomic E-state index is 0.289. The van der Waals surface area contributed by atoms with Crippen LogP contribution in [0, 0.1) is 0 Å². The Hall–Kier alpha value is -1.30. The van der Waals surface area contributed by atoms with Crippen molar-refractivity contribution >= 4 is 0 Å². The van der Waals surface area contributed by atoms with E-state index in [9.17, 15) is 0 Å². The quantitative estimate of drug-likeness (QED) is 0.718. The summed E-state index contributed by atoms with van der Waals surface area (Å²) in [5.41, 5.74) is 3.88. The number of nitrogens with one attached hydrogen (secondary N) is 1. The summed E-state index contributed by atoms with van der Waals surface area (Å²) in [7, 11) is 4.76. The summed E-state index contributed by atoms with van der Waals surface area (Å²) in [5, 5.41) is 8.75. The molecular weight excluding hydrogens is 210 g/mol. The van der Waals surface area contributed by atoms with E-state index in [2.05, 4.69) is 5.48 Å². The number of rotatable bonds is 6. The van der Waals surface area contributed by atoms with E-state index in [0.29, 0.717) is 18.1 Å². The molecule has 0 unspecified atom stereocenters. The lowest BCUT2D eigenvalue weighted by Gasteiger charge is -2.14. The van der Waals surface area contributed by atoms with Gasteiger partial charge in [0.15, 0.2) is 11.5 Å². The molecule has 1 rings (SSSR count). The van der Waals surface area contributed by atoms with Crippen LogP contribution in [0.15, 0.2) is 12.1 Å². The monoisotopic (exact) mass is 227 g/mol. The minimum Gasteiger partial charge on any atom is -0.493 e. The van der Waals surface area contributed by atoms with Crippen molar-refractivity contribution in [1.29, 1.82) is 0 Å². The fraction of sp³-hybridized carbons (Fsp3) is 0.455. The molecule has 0 amide bonds. The van der Waals surface area contributed by atoms with Gasteiger partial charge in [0.2, 0.25) is 0 Å². The fourth-order valence-electron chi connectivity index (χ4n) is 1.57. The molecule has 0 saturated heterocycles. The SMILES string of the molecule is COCc1cc(CNO)c(OC)c(OC)c1. The molecule has 1 aromatic rings. The molecule has 0 spiro atoms. The van der Waals surface area contributed by atoms with Crippen molar-refractivity contribution < 1.29 is 19.4 Å². The van der Waals surface area contributed by atoms with Crippen molar-refractivity contribution in [3.63, 3.8) is 0 Å². The highest BCUT2D eigenvalue weighted by molar-refractivity contribution is 5.49. The van der Waals surface area contributed by atoms with Gasteiger partial charge in [-0.3, -0.25) is 0 Å². The number of benzene rings is 1. The summed E-state index contributed by atoms with van der Waals surface area (Å²) >= 11 is 0. The van der Waals surface area contributed by atoms with Crippen molar-refractivity contribution in [3.8, 4) is 11.5 Å². The van der Waals surface area contributed by atoms with Gasteiger partial charge in [0.05, 0.1) is 20.8 Å². The van der Waals surface area contributed by atoms with Crippen LogP contribution in [0.4, 0.5) is 0 Å². The van der Waals surface area contributed by atoms with Crippen LogP contribution in [0.1, 0.15) is 11.1 Å². The van der Waals surface area contributed by atoms with E-state index in [0.717, 1.165) is 11.1 Å². The zero-order valence-electron chi connectivity index (χ0n) is 9.74. The number of ether oxygens (including phenoxy) is 3. The maximum Gasteiger partial charge on any atom is 0.165 e. The van der Waals surface area contributed by atoms with E-state index in [4.69, 9.17) is 19.4 Å². The Morgan fingerprint density at radius 3 is 2.44 bits per heavy atom. The van der Waals surface area contributed by atoms with E-state index in [1.165, 1.54) is 0 Å². The number of methoxy groups -OCH3 is 3. The molecule has 0 bridgehead atoms. The molecule has 2 N–H and O–H groups in total. The average Bonchev–Trinajstić information content (AvgIpc) is 2.29. The van der Waals surface area contributed by atoms with Gasteiger partial charge >= 0.3 is 0 Å². The molecule has 0 aliphatic rings. The normalized spacial score (nSPS) is 10.2. The van der Waals surface area contributed by atoms with Crippen LogP contribution in [0.3, 0.4) is 0 Å². The second-order valence-corrected chi connectivity index (χ2v) is 3.26. The van der Waals surface area contributed by atoms with Crippen LogP contribution in [0.5, 0.6) is 11.5 Å². The minimum atomic E-state index is 0.289. The first-order valence-electron chi connectivity index (χ1n) is 4.86. The zero-order valence-corrected chi connectivity index (χ0v) is 9.74. The Labute approximate surface area is 94.9 Å². The molecule has 0 aromatic heterocycles. The highest BCUT2D eigenvalue weighted by Crippen LogP contribution is 2.32. The molecule has 0 atom stereocenters. The third-order valence-electron chi connectivity index (χ3n) is 2.20. The Balaban J connectivity index is 3.14. The first-order chi connectivity index (χ1) is 7.76. The zero-order chi connectivity index (χ0) is 12.0. The Bertz CT molecular complexity index is 341. The molecule has 5 nitrogen and oxygen atoms in total. The van der Waals surface area contributed by atoms with Crippen molar-refractivity contribution in [3.05, 3.63) is 23.3 Å². The van der Waals surface area contributed by atoms with Gasteiger partial charge in [-0.25, -0.2) is 5.48 Å². The standard InChI is InChI=1S/C11H17NO4/c1-14-7-8-4-9(6-12-13)11(16-3)10(5-8)15-2/h4-5,12-13H,6-7H2,1-3H3. The van der Waals surface area contributed by atoms with Crippen LogP contribution >= 0.6 is 0 Å². The van der Waals surface area contributed by atoms with Crippen molar-refractivity contribution in [2.75, 3.05) is 21.3 Å². The fourth-order valence-corrected chi connectivity index (χ4v) is 1.57. The summed E-state index contributed by atoms with van der Waals surface area (Å²) in [4.78, 5) is 0. The summed E-state index contributed by atoms with van der Waals surface area (Å²) in [6.45, 7) is 0.774. The van der Waals surface area contributed by atoms with E-state index in [1.807, 2.05) is 12.1 Å². The molecule has 0 heterocycles. The van der Waals surface area contributed by atoms with Gasteiger partial charge in [-0.2, -0.15) is 0 Å². The van der Waals surface area contributed by atoms with Crippen LogP contribution in [0.25, 0.3) is 0 Å². The van der Waals surface area contributed by atoms with Gasteiger partial charge in [0.1, 0.15) is 0 Å². The van der Waals surface area contributed by atoms with Gasteiger partial charge in [-0.05, 0) is 17.7 Å². The number of hydrogen-bond donors (Lipinski definition) is 2. The van der Waals surface area contributed by atoms with Crippen LogP contribution in [0.2, 0.25) is 0 Å². The molecule has 0 fully saturated rings. The maximum absolute atomic E-state index is 8.75. The van der Waals surface area contributed by atoms with Crippen LogP contribution in [-0.4, -0.2) is 26.5 Å². The van der Waals surface area contributed by atoms with Gasteiger partial charge in [-0.1, -0.05) is 0 Å². The molecule has 0 aliphatic heterocycles. The third kappa shape index (κ3) is 2.85. The predicted octanol–water partition coefficient (Wildman–Crippen LogP) is 1.33. The highest BCUT2D eigenvalue weighted by Gasteiger charge is 2.11. The first-order valence-corrected chi connectivity index (χ1v) is 4.86.